The predicted octanol–water partition coefficient (Wildman–Crippen LogP) is 3.14. The van der Waals surface area contributed by atoms with Crippen LogP contribution in [-0.4, -0.2) is 31.1 Å². The molecule has 0 saturated heterocycles. The first-order chi connectivity index (χ1) is 13.9. The second-order valence-electron chi connectivity index (χ2n) is 7.63. The summed E-state index contributed by atoms with van der Waals surface area (Å²) < 4.78 is 11.5. The Morgan fingerprint density at radius 3 is 2.77 bits per heavy atom. The van der Waals surface area contributed by atoms with E-state index in [1.54, 1.807) is 13.1 Å². The Balaban J connectivity index is 0.00000320. The van der Waals surface area contributed by atoms with Gasteiger partial charge in [0.25, 0.3) is 5.91 Å². The van der Waals surface area contributed by atoms with Gasteiger partial charge < -0.3 is 25.8 Å². The second kappa shape index (κ2) is 10.5. The molecule has 0 aromatic heterocycles. The molecule has 0 radical (unpaired) electrons. The SMILES string of the molecule is CN=C(NCc1cccc(OCC(N)=O)c1)NC1CC(C)(C)Oc2ccccc21.I. The van der Waals surface area contributed by atoms with Crippen molar-refractivity contribution in [1.29, 1.82) is 0 Å². The molecule has 4 N–H and O–H groups in total. The molecule has 0 bridgehead atoms. The minimum atomic E-state index is -0.502. The number of amides is 1. The highest BCUT2D eigenvalue weighted by molar-refractivity contribution is 14.0. The van der Waals surface area contributed by atoms with Crippen molar-refractivity contribution in [3.63, 3.8) is 0 Å². The highest BCUT2D eigenvalue weighted by Gasteiger charge is 2.33. The summed E-state index contributed by atoms with van der Waals surface area (Å²) in [6.07, 6.45) is 0.821. The van der Waals surface area contributed by atoms with Gasteiger partial charge in [0.15, 0.2) is 12.6 Å². The Bertz CT molecular complexity index is 901. The zero-order chi connectivity index (χ0) is 20.9. The smallest absolute Gasteiger partial charge is 0.255 e. The van der Waals surface area contributed by atoms with Crippen LogP contribution >= 0.6 is 24.0 Å². The van der Waals surface area contributed by atoms with Gasteiger partial charge in [-0.2, -0.15) is 0 Å². The van der Waals surface area contributed by atoms with Gasteiger partial charge in [0.1, 0.15) is 17.1 Å². The van der Waals surface area contributed by atoms with Crippen molar-refractivity contribution in [3.8, 4) is 11.5 Å². The molecule has 1 amide bonds. The number of primary amides is 1. The maximum absolute atomic E-state index is 10.9. The van der Waals surface area contributed by atoms with Crippen LogP contribution in [0.1, 0.15) is 37.4 Å². The summed E-state index contributed by atoms with van der Waals surface area (Å²) in [4.78, 5) is 15.2. The van der Waals surface area contributed by atoms with Crippen LogP contribution in [0.25, 0.3) is 0 Å². The Morgan fingerprint density at radius 1 is 1.27 bits per heavy atom. The first-order valence-electron chi connectivity index (χ1n) is 9.61. The molecule has 1 aliphatic rings. The van der Waals surface area contributed by atoms with E-state index in [-0.39, 0.29) is 42.2 Å². The number of benzene rings is 2. The van der Waals surface area contributed by atoms with Crippen molar-refractivity contribution < 1.29 is 14.3 Å². The topological polar surface area (TPSA) is 98.0 Å². The summed E-state index contributed by atoms with van der Waals surface area (Å²) in [7, 11) is 1.75. The second-order valence-corrected chi connectivity index (χ2v) is 7.63. The molecule has 1 aliphatic heterocycles. The number of carbonyl (C=O) groups is 1. The van der Waals surface area contributed by atoms with Crippen LogP contribution < -0.4 is 25.8 Å². The van der Waals surface area contributed by atoms with Gasteiger partial charge in [-0.3, -0.25) is 9.79 Å². The first kappa shape index (κ1) is 23.8. The molecule has 1 unspecified atom stereocenters. The molecule has 0 saturated carbocycles. The van der Waals surface area contributed by atoms with Gasteiger partial charge in [0.2, 0.25) is 0 Å². The summed E-state index contributed by atoms with van der Waals surface area (Å²) in [5.74, 6) is 1.70. The van der Waals surface area contributed by atoms with Gasteiger partial charge in [-0.05, 0) is 37.6 Å². The first-order valence-corrected chi connectivity index (χ1v) is 9.61. The summed E-state index contributed by atoms with van der Waals surface area (Å²) in [6, 6.07) is 15.7. The zero-order valence-electron chi connectivity index (χ0n) is 17.5. The summed E-state index contributed by atoms with van der Waals surface area (Å²) in [6.45, 7) is 4.59. The molecule has 2 aromatic rings. The maximum Gasteiger partial charge on any atom is 0.255 e. The molecule has 30 heavy (non-hydrogen) atoms. The van der Waals surface area contributed by atoms with E-state index < -0.39 is 5.91 Å². The number of aliphatic imine (C=N–C) groups is 1. The molecule has 0 spiro atoms. The number of halogens is 1. The molecule has 1 heterocycles. The number of para-hydroxylation sites is 1. The van der Waals surface area contributed by atoms with Gasteiger partial charge in [0, 0.05) is 25.6 Å². The minimum Gasteiger partial charge on any atom is -0.487 e. The van der Waals surface area contributed by atoms with Crippen molar-refractivity contribution in [1.82, 2.24) is 10.6 Å². The standard InChI is InChI=1S/C22H28N4O3.HI/c1-22(2)12-18(17-9-4-5-10-19(17)29-22)26-21(24-3)25-13-15-7-6-8-16(11-15)28-14-20(23)27;/h4-11,18H,12-14H2,1-3H3,(H2,23,27)(H2,24,25,26);1H. The van der Waals surface area contributed by atoms with Crippen LogP contribution in [0, 0.1) is 0 Å². The molecule has 2 aromatic carbocycles. The van der Waals surface area contributed by atoms with E-state index in [9.17, 15) is 4.79 Å². The molecular weight excluding hydrogens is 495 g/mol. The number of rotatable bonds is 6. The van der Waals surface area contributed by atoms with Crippen LogP contribution in [0.5, 0.6) is 11.5 Å². The number of fused-ring (bicyclic) bond motifs is 1. The molecular formula is C22H29IN4O3. The Labute approximate surface area is 194 Å². The summed E-state index contributed by atoms with van der Waals surface area (Å²) in [5, 5.41) is 6.84. The number of ether oxygens (including phenoxy) is 2. The molecule has 7 nitrogen and oxygen atoms in total. The zero-order valence-corrected chi connectivity index (χ0v) is 19.8. The summed E-state index contributed by atoms with van der Waals surface area (Å²) >= 11 is 0. The van der Waals surface area contributed by atoms with Crippen molar-refractivity contribution >= 4 is 35.8 Å². The third kappa shape index (κ3) is 6.51. The number of guanidine groups is 1. The molecule has 0 fully saturated rings. The van der Waals surface area contributed by atoms with E-state index >= 15 is 0 Å². The van der Waals surface area contributed by atoms with Crippen LogP contribution in [0.4, 0.5) is 0 Å². The number of hydrogen-bond acceptors (Lipinski definition) is 4. The van der Waals surface area contributed by atoms with E-state index in [0.717, 1.165) is 23.3 Å². The molecule has 3 rings (SSSR count). The van der Waals surface area contributed by atoms with Crippen LogP contribution in [0.2, 0.25) is 0 Å². The average molecular weight is 524 g/mol. The van der Waals surface area contributed by atoms with E-state index in [4.69, 9.17) is 15.2 Å². The van der Waals surface area contributed by atoms with Gasteiger partial charge in [-0.15, -0.1) is 24.0 Å². The minimum absolute atomic E-state index is 0. The summed E-state index contributed by atoms with van der Waals surface area (Å²) in [5.41, 5.74) is 6.98. The number of hydrogen-bond donors (Lipinski definition) is 3. The van der Waals surface area contributed by atoms with Crippen molar-refractivity contribution in [2.75, 3.05) is 13.7 Å². The molecule has 8 heteroatoms. The number of nitrogens with zero attached hydrogens (tertiary/aromatic N) is 1. The lowest BCUT2D eigenvalue weighted by atomic mass is 9.90. The van der Waals surface area contributed by atoms with E-state index in [2.05, 4.69) is 35.5 Å². The third-order valence-electron chi connectivity index (χ3n) is 4.65. The molecule has 162 valence electrons. The highest BCUT2D eigenvalue weighted by atomic mass is 127. The lowest BCUT2D eigenvalue weighted by Crippen LogP contribution is -2.45. The molecule has 1 atom stereocenters. The Hall–Kier alpha value is -2.49. The predicted molar refractivity (Wildman–Crippen MR) is 128 cm³/mol. The molecule has 0 aliphatic carbocycles. The maximum atomic E-state index is 10.9. The van der Waals surface area contributed by atoms with Crippen LogP contribution in [0.15, 0.2) is 53.5 Å². The fourth-order valence-corrected chi connectivity index (χ4v) is 3.38. The fourth-order valence-electron chi connectivity index (χ4n) is 3.38. The van der Waals surface area contributed by atoms with Crippen LogP contribution in [0.3, 0.4) is 0 Å². The Morgan fingerprint density at radius 2 is 2.03 bits per heavy atom. The lowest BCUT2D eigenvalue weighted by Gasteiger charge is -2.38. The van der Waals surface area contributed by atoms with Gasteiger partial charge in [-0.1, -0.05) is 30.3 Å². The fraction of sp³-hybridized carbons (Fsp3) is 0.364. The third-order valence-corrected chi connectivity index (χ3v) is 4.65. The number of nitrogens with two attached hydrogens (primary N) is 1. The van der Waals surface area contributed by atoms with Crippen LogP contribution in [-0.2, 0) is 11.3 Å². The largest absolute Gasteiger partial charge is 0.487 e. The van der Waals surface area contributed by atoms with Gasteiger partial charge in [0.05, 0.1) is 6.04 Å². The highest BCUT2D eigenvalue weighted by Crippen LogP contribution is 2.39. The average Bonchev–Trinajstić information content (AvgIpc) is 2.69. The van der Waals surface area contributed by atoms with Gasteiger partial charge in [-0.25, -0.2) is 0 Å². The van der Waals surface area contributed by atoms with E-state index in [1.165, 1.54) is 0 Å². The lowest BCUT2D eigenvalue weighted by molar-refractivity contribution is -0.119. The van der Waals surface area contributed by atoms with Crippen molar-refractivity contribution in [2.24, 2.45) is 10.7 Å². The van der Waals surface area contributed by atoms with E-state index in [1.807, 2.05) is 36.4 Å². The van der Waals surface area contributed by atoms with Crippen molar-refractivity contribution in [3.05, 3.63) is 59.7 Å². The van der Waals surface area contributed by atoms with E-state index in [0.29, 0.717) is 18.3 Å². The number of nitrogens with one attached hydrogen (secondary N) is 2. The van der Waals surface area contributed by atoms with Crippen molar-refractivity contribution in [2.45, 2.75) is 38.5 Å². The Kier molecular flexibility index (Phi) is 8.33. The number of carbonyl (C=O) groups excluding carboxylic acids is 1. The monoisotopic (exact) mass is 524 g/mol. The quantitative estimate of drug-likeness (QED) is 0.307. The van der Waals surface area contributed by atoms with Gasteiger partial charge >= 0.3 is 0 Å². The normalized spacial score (nSPS) is 17.0.